The van der Waals surface area contributed by atoms with E-state index in [1.165, 1.54) is 0 Å². The Kier molecular flexibility index (Phi) is 2.06. The number of rotatable bonds is 1. The minimum absolute atomic E-state index is 0.00250. The van der Waals surface area contributed by atoms with Crippen molar-refractivity contribution in [3.63, 3.8) is 0 Å². The van der Waals surface area contributed by atoms with Crippen molar-refractivity contribution in [1.82, 2.24) is 9.55 Å². The van der Waals surface area contributed by atoms with Crippen LogP contribution in [0.1, 0.15) is 39.0 Å². The first kappa shape index (κ1) is 9.82. The zero-order valence-corrected chi connectivity index (χ0v) is 10.9. The summed E-state index contributed by atoms with van der Waals surface area (Å²) in [6, 6.07) is 0. The molecule has 4 nitrogen and oxygen atoms in total. The van der Waals surface area contributed by atoms with Crippen LogP contribution in [0.5, 0.6) is 0 Å². The van der Waals surface area contributed by atoms with Crippen LogP contribution >= 0.6 is 0 Å². The average Bonchev–Trinajstić information content (AvgIpc) is 2.73. The lowest BCUT2D eigenvalue weighted by Gasteiger charge is -2.32. The van der Waals surface area contributed by atoms with Gasteiger partial charge in [-0.2, -0.15) is 13.2 Å². The third kappa shape index (κ3) is 2.27. The highest BCUT2D eigenvalue weighted by molar-refractivity contribution is 6.61. The van der Waals surface area contributed by atoms with Gasteiger partial charge in [0.15, 0.2) is 0 Å². The largest absolute Gasteiger partial charge is 0.514 e. The summed E-state index contributed by atoms with van der Waals surface area (Å²) in [5, 5.41) is 0. The molecule has 0 atom stereocenters. The molecule has 1 fully saturated rings. The Hall–Kier alpha value is -1.02. The van der Waals surface area contributed by atoms with E-state index in [4.69, 9.17) is 14.8 Å². The van der Waals surface area contributed by atoms with Gasteiger partial charge in [-0.3, -0.25) is 0 Å². The monoisotopic (exact) mass is 280 g/mol. The second-order valence-electron chi connectivity index (χ2n) is 5.35. The molecule has 1 aromatic heterocycles. The van der Waals surface area contributed by atoms with Gasteiger partial charge in [-0.15, -0.1) is 0 Å². The van der Waals surface area contributed by atoms with Crippen molar-refractivity contribution in [3.8, 4) is 0 Å². The van der Waals surface area contributed by atoms with Crippen molar-refractivity contribution in [2.75, 3.05) is 0 Å². The highest BCUT2D eigenvalue weighted by atomic mass is 19.4. The number of imidazole rings is 1. The summed E-state index contributed by atoms with van der Waals surface area (Å²) < 4.78 is 80.1. The summed E-state index contributed by atoms with van der Waals surface area (Å²) in [5.74, 6) is -1.67. The van der Waals surface area contributed by atoms with Gasteiger partial charge in [0.2, 0.25) is 5.82 Å². The maximum atomic E-state index is 13.1. The lowest BCUT2D eigenvalue weighted by Crippen LogP contribution is -2.41. The number of hydrogen-bond acceptors (Lipinski definition) is 3. The van der Waals surface area contributed by atoms with Gasteiger partial charge in [-0.25, -0.2) is 4.98 Å². The van der Waals surface area contributed by atoms with Crippen LogP contribution in [0.2, 0.25) is 0 Å². The first-order chi connectivity index (χ1) is 10.1. The van der Waals surface area contributed by atoms with E-state index in [9.17, 15) is 13.2 Å². The van der Waals surface area contributed by atoms with E-state index in [0.717, 1.165) is 0 Å². The molecule has 2 rings (SSSR count). The van der Waals surface area contributed by atoms with Crippen LogP contribution in [0.4, 0.5) is 13.2 Å². The summed E-state index contributed by atoms with van der Waals surface area (Å²) in [4.78, 5) is 3.07. The molecule has 0 aliphatic carbocycles. The minimum atomic E-state index is -5.02. The highest BCUT2D eigenvalue weighted by Gasteiger charge is 2.53. The standard InChI is InChI=1S/C11H16BF3N2O2/c1-9(2)10(3,4)19-12(18-9)7-6-16-8(17(7)5)11(13,14)15/h6H,1-5H3/i5D3,6D. The Morgan fingerprint density at radius 3 is 2.26 bits per heavy atom. The number of halogens is 3. The third-order valence-electron chi connectivity index (χ3n) is 3.46. The van der Waals surface area contributed by atoms with Gasteiger partial charge in [-0.1, -0.05) is 0 Å². The van der Waals surface area contributed by atoms with Crippen LogP contribution in [0.15, 0.2) is 6.17 Å². The van der Waals surface area contributed by atoms with Gasteiger partial charge >= 0.3 is 13.3 Å². The highest BCUT2D eigenvalue weighted by Crippen LogP contribution is 2.36. The summed E-state index contributed by atoms with van der Waals surface area (Å²) >= 11 is 0. The molecule has 19 heavy (non-hydrogen) atoms. The van der Waals surface area contributed by atoms with Crippen LogP contribution in [0.25, 0.3) is 0 Å². The van der Waals surface area contributed by atoms with Crippen LogP contribution in [-0.2, 0) is 22.5 Å². The molecule has 0 spiro atoms. The molecule has 1 saturated heterocycles. The molecule has 1 aliphatic heterocycles. The molecule has 0 N–H and O–H groups in total. The lowest BCUT2D eigenvalue weighted by molar-refractivity contribution is -0.146. The van der Waals surface area contributed by atoms with Gasteiger partial charge in [0.05, 0.1) is 18.2 Å². The lowest BCUT2D eigenvalue weighted by atomic mass is 9.85. The van der Waals surface area contributed by atoms with Gasteiger partial charge in [0.25, 0.3) is 0 Å². The summed E-state index contributed by atoms with van der Waals surface area (Å²) in [7, 11) is -1.43. The number of aromatic nitrogens is 2. The zero-order chi connectivity index (χ0) is 18.0. The molecule has 0 aromatic carbocycles. The predicted octanol–water partition coefficient (Wildman–Crippen LogP) is 1.74. The van der Waals surface area contributed by atoms with Crippen LogP contribution in [0.3, 0.4) is 0 Å². The second kappa shape index (κ2) is 3.99. The number of alkyl halides is 3. The molecule has 1 aromatic rings. The normalized spacial score (nSPS) is 25.7. The number of hydrogen-bond donors (Lipinski definition) is 0. The first-order valence-electron chi connectivity index (χ1n) is 7.60. The summed E-state index contributed by atoms with van der Waals surface area (Å²) in [5.41, 5.74) is -2.37. The van der Waals surface area contributed by atoms with Crippen molar-refractivity contribution in [2.24, 2.45) is 6.98 Å². The Morgan fingerprint density at radius 2 is 1.84 bits per heavy atom. The SMILES string of the molecule is [2H]c1nc(C(F)(F)F)n(C([2H])([2H])[2H])c1B1OC(C)(C)C(C)(C)O1. The molecule has 0 saturated carbocycles. The maximum absolute atomic E-state index is 13.1. The van der Waals surface area contributed by atoms with Crippen molar-refractivity contribution in [2.45, 2.75) is 45.1 Å². The molecule has 0 bridgehead atoms. The van der Waals surface area contributed by atoms with Crippen LogP contribution in [0, 0.1) is 0 Å². The van der Waals surface area contributed by atoms with E-state index < -0.39 is 49.1 Å². The maximum Gasteiger partial charge on any atom is 0.514 e. The average molecular weight is 280 g/mol. The molecule has 106 valence electrons. The molecular formula is C11H16BF3N2O2. The Morgan fingerprint density at radius 1 is 1.32 bits per heavy atom. The van der Waals surface area contributed by atoms with Crippen molar-refractivity contribution < 1.29 is 28.0 Å². The minimum Gasteiger partial charge on any atom is -0.398 e. The van der Waals surface area contributed by atoms with Crippen LogP contribution in [-0.4, -0.2) is 27.9 Å². The van der Waals surface area contributed by atoms with E-state index in [1.807, 2.05) is 0 Å². The van der Waals surface area contributed by atoms with E-state index >= 15 is 0 Å². The van der Waals surface area contributed by atoms with Gasteiger partial charge in [0.1, 0.15) is 0 Å². The van der Waals surface area contributed by atoms with Crippen molar-refractivity contribution >= 4 is 12.7 Å². The molecule has 8 heteroatoms. The molecule has 2 heterocycles. The fourth-order valence-electron chi connectivity index (χ4n) is 1.63. The summed E-state index contributed by atoms with van der Waals surface area (Å²) in [6.45, 7) is 3.47. The Balaban J connectivity index is 2.63. The van der Waals surface area contributed by atoms with E-state index in [2.05, 4.69) is 4.98 Å². The first-order valence-corrected chi connectivity index (χ1v) is 5.60. The van der Waals surface area contributed by atoms with Gasteiger partial charge in [0, 0.05) is 17.3 Å². The zero-order valence-electron chi connectivity index (χ0n) is 14.9. The molecule has 1 aliphatic rings. The van der Waals surface area contributed by atoms with Gasteiger partial charge < -0.3 is 13.9 Å². The predicted molar refractivity (Wildman–Crippen MR) is 63.9 cm³/mol. The third-order valence-corrected chi connectivity index (χ3v) is 3.46. The van der Waals surface area contributed by atoms with Gasteiger partial charge in [-0.05, 0) is 27.7 Å². The Bertz CT molecular complexity index is 612. The molecule has 0 radical (unpaired) electrons. The second-order valence-corrected chi connectivity index (χ2v) is 5.35. The van der Waals surface area contributed by atoms with E-state index in [-0.39, 0.29) is 4.57 Å². The fourth-order valence-corrected chi connectivity index (χ4v) is 1.63. The van der Waals surface area contributed by atoms with Crippen LogP contribution < -0.4 is 5.59 Å². The Labute approximate surface area is 115 Å². The quantitative estimate of drug-likeness (QED) is 0.735. The molecule has 0 amide bonds. The smallest absolute Gasteiger partial charge is 0.398 e. The molecule has 0 unspecified atom stereocenters. The fraction of sp³-hybridized carbons (Fsp3) is 0.727. The van der Waals surface area contributed by atoms with Crippen molar-refractivity contribution in [3.05, 3.63) is 12.0 Å². The molecular weight excluding hydrogens is 260 g/mol. The summed E-state index contributed by atoms with van der Waals surface area (Å²) in [6.07, 6.45) is -5.86. The van der Waals surface area contributed by atoms with Crippen molar-refractivity contribution in [1.29, 1.82) is 0 Å². The topological polar surface area (TPSA) is 36.3 Å². The number of nitrogens with zero attached hydrogens (tertiary/aromatic N) is 2. The van der Waals surface area contributed by atoms with E-state index in [0.29, 0.717) is 0 Å². The van der Waals surface area contributed by atoms with E-state index in [1.54, 1.807) is 27.7 Å².